The van der Waals surface area contributed by atoms with Crippen LogP contribution in [0, 0.1) is 0 Å². The zero-order valence-corrected chi connectivity index (χ0v) is 12.3. The van der Waals surface area contributed by atoms with Gasteiger partial charge in [-0.1, -0.05) is 19.1 Å². The monoisotopic (exact) mass is 284 g/mol. The van der Waals surface area contributed by atoms with E-state index in [2.05, 4.69) is 10.6 Å². The second-order valence-corrected chi connectivity index (χ2v) is 6.48. The third-order valence-electron chi connectivity index (χ3n) is 2.69. The number of benzene rings is 1. The van der Waals surface area contributed by atoms with Crippen LogP contribution in [0.3, 0.4) is 0 Å². The number of sulfone groups is 1. The first-order chi connectivity index (χ1) is 8.84. The van der Waals surface area contributed by atoms with Crippen molar-refractivity contribution in [3.63, 3.8) is 0 Å². The molecule has 1 rings (SSSR count). The molecular weight excluding hydrogens is 264 g/mol. The predicted molar refractivity (Wildman–Crippen MR) is 74.8 cm³/mol. The molecule has 1 aromatic rings. The molecule has 0 radical (unpaired) electrons. The van der Waals surface area contributed by atoms with Gasteiger partial charge in [0.15, 0.2) is 9.84 Å². The minimum absolute atomic E-state index is 0.175. The highest BCUT2D eigenvalue weighted by atomic mass is 32.2. The van der Waals surface area contributed by atoms with E-state index in [1.807, 2.05) is 13.8 Å². The van der Waals surface area contributed by atoms with Gasteiger partial charge in [-0.15, -0.1) is 0 Å². The summed E-state index contributed by atoms with van der Waals surface area (Å²) in [7, 11) is -3.18. The summed E-state index contributed by atoms with van der Waals surface area (Å²) in [5.41, 5.74) is 0.860. The van der Waals surface area contributed by atoms with Crippen molar-refractivity contribution in [2.75, 3.05) is 12.8 Å². The largest absolute Gasteiger partial charge is 0.338 e. The third kappa shape index (κ3) is 4.90. The van der Waals surface area contributed by atoms with Gasteiger partial charge in [0.25, 0.3) is 0 Å². The van der Waals surface area contributed by atoms with E-state index in [1.165, 1.54) is 6.26 Å². The van der Waals surface area contributed by atoms with Gasteiger partial charge in [-0.05, 0) is 31.0 Å². The Morgan fingerprint density at radius 3 is 2.32 bits per heavy atom. The molecule has 0 fully saturated rings. The summed E-state index contributed by atoms with van der Waals surface area (Å²) in [6, 6.07) is 6.12. The third-order valence-corrected chi connectivity index (χ3v) is 3.82. The Labute approximate surface area is 114 Å². The molecule has 1 unspecified atom stereocenters. The molecule has 0 aromatic heterocycles. The molecule has 0 aliphatic carbocycles. The first-order valence-corrected chi connectivity index (χ1v) is 8.08. The van der Waals surface area contributed by atoms with Crippen LogP contribution in [0.4, 0.5) is 4.79 Å². The summed E-state index contributed by atoms with van der Waals surface area (Å²) in [6.45, 7) is 4.46. The van der Waals surface area contributed by atoms with E-state index in [1.54, 1.807) is 24.3 Å². The van der Waals surface area contributed by atoms with Crippen LogP contribution < -0.4 is 10.6 Å². The topological polar surface area (TPSA) is 75.3 Å². The lowest BCUT2D eigenvalue weighted by atomic mass is 10.1. The number of carbonyl (C=O) groups excluding carboxylic acids is 1. The van der Waals surface area contributed by atoms with E-state index < -0.39 is 9.84 Å². The Morgan fingerprint density at radius 1 is 1.26 bits per heavy atom. The molecule has 0 saturated carbocycles. The molecule has 0 saturated heterocycles. The van der Waals surface area contributed by atoms with E-state index in [-0.39, 0.29) is 17.0 Å². The van der Waals surface area contributed by atoms with Crippen LogP contribution in [-0.4, -0.2) is 27.2 Å². The number of urea groups is 1. The number of rotatable bonds is 5. The molecule has 6 heteroatoms. The molecule has 0 spiro atoms. The zero-order valence-electron chi connectivity index (χ0n) is 11.4. The molecule has 0 heterocycles. The quantitative estimate of drug-likeness (QED) is 0.866. The van der Waals surface area contributed by atoms with Crippen molar-refractivity contribution in [3.05, 3.63) is 29.8 Å². The number of nitrogens with one attached hydrogen (secondary N) is 2. The fraction of sp³-hybridized carbons (Fsp3) is 0.462. The molecule has 19 heavy (non-hydrogen) atoms. The van der Waals surface area contributed by atoms with E-state index in [0.717, 1.165) is 12.0 Å². The second-order valence-electron chi connectivity index (χ2n) is 4.46. The van der Waals surface area contributed by atoms with Crippen molar-refractivity contribution in [2.45, 2.75) is 31.2 Å². The number of hydrogen-bond donors (Lipinski definition) is 2. The highest BCUT2D eigenvalue weighted by molar-refractivity contribution is 7.90. The Balaban J connectivity index is 2.68. The molecular formula is C13H20N2O3S. The van der Waals surface area contributed by atoms with Crippen molar-refractivity contribution in [3.8, 4) is 0 Å². The van der Waals surface area contributed by atoms with Gasteiger partial charge >= 0.3 is 6.03 Å². The van der Waals surface area contributed by atoms with Crippen molar-refractivity contribution < 1.29 is 13.2 Å². The van der Waals surface area contributed by atoms with Crippen LogP contribution in [0.2, 0.25) is 0 Å². The van der Waals surface area contributed by atoms with Crippen LogP contribution in [-0.2, 0) is 9.84 Å². The molecule has 2 amide bonds. The molecule has 0 aliphatic rings. The number of amides is 2. The first-order valence-electron chi connectivity index (χ1n) is 6.19. The maximum atomic E-state index is 11.5. The normalized spacial score (nSPS) is 12.8. The molecule has 0 aliphatic heterocycles. The Bertz CT molecular complexity index is 523. The smallest absolute Gasteiger partial charge is 0.315 e. The first kappa shape index (κ1) is 15.5. The summed E-state index contributed by atoms with van der Waals surface area (Å²) in [6.07, 6.45) is 2.05. The standard InChI is InChI=1S/C13H20N2O3S/c1-4-9-14-13(16)15-10(2)11-5-7-12(8-6-11)19(3,17)18/h5-8,10H,4,9H2,1-3H3,(H2,14,15,16). The van der Waals surface area contributed by atoms with Crippen LogP contribution >= 0.6 is 0 Å². The highest BCUT2D eigenvalue weighted by Crippen LogP contribution is 2.16. The molecule has 5 nitrogen and oxygen atoms in total. The second kappa shape index (κ2) is 6.56. The Hall–Kier alpha value is -1.56. The van der Waals surface area contributed by atoms with Gasteiger partial charge in [-0.25, -0.2) is 13.2 Å². The molecule has 2 N–H and O–H groups in total. The fourth-order valence-corrected chi connectivity index (χ4v) is 2.20. The van der Waals surface area contributed by atoms with Gasteiger partial charge in [0.1, 0.15) is 0 Å². The summed E-state index contributed by atoms with van der Waals surface area (Å²) in [5.74, 6) is 0. The Morgan fingerprint density at radius 2 is 1.84 bits per heavy atom. The van der Waals surface area contributed by atoms with Crippen molar-refractivity contribution in [2.24, 2.45) is 0 Å². The van der Waals surface area contributed by atoms with Crippen LogP contribution in [0.15, 0.2) is 29.2 Å². The van der Waals surface area contributed by atoms with E-state index in [9.17, 15) is 13.2 Å². The minimum atomic E-state index is -3.18. The van der Waals surface area contributed by atoms with E-state index in [0.29, 0.717) is 6.54 Å². The average Bonchev–Trinajstić information content (AvgIpc) is 2.35. The van der Waals surface area contributed by atoms with Gasteiger partial charge in [0.2, 0.25) is 0 Å². The molecule has 0 bridgehead atoms. The lowest BCUT2D eigenvalue weighted by molar-refractivity contribution is 0.238. The zero-order chi connectivity index (χ0) is 14.5. The Kier molecular flexibility index (Phi) is 5.35. The number of carbonyl (C=O) groups is 1. The van der Waals surface area contributed by atoms with Crippen molar-refractivity contribution in [1.82, 2.24) is 10.6 Å². The average molecular weight is 284 g/mol. The van der Waals surface area contributed by atoms with Crippen LogP contribution in [0.25, 0.3) is 0 Å². The summed E-state index contributed by atoms with van der Waals surface area (Å²) in [5, 5.41) is 5.51. The molecule has 1 atom stereocenters. The van der Waals surface area contributed by atoms with Crippen LogP contribution in [0.5, 0.6) is 0 Å². The van der Waals surface area contributed by atoms with Crippen molar-refractivity contribution >= 4 is 15.9 Å². The summed E-state index contributed by atoms with van der Waals surface area (Å²) >= 11 is 0. The lowest BCUT2D eigenvalue weighted by Gasteiger charge is -2.15. The SMILES string of the molecule is CCCNC(=O)NC(C)c1ccc(S(C)(=O)=O)cc1. The maximum Gasteiger partial charge on any atom is 0.315 e. The van der Waals surface area contributed by atoms with Gasteiger partial charge in [-0.2, -0.15) is 0 Å². The van der Waals surface area contributed by atoms with Gasteiger partial charge < -0.3 is 10.6 Å². The minimum Gasteiger partial charge on any atom is -0.338 e. The van der Waals surface area contributed by atoms with Gasteiger partial charge in [0.05, 0.1) is 10.9 Å². The van der Waals surface area contributed by atoms with E-state index >= 15 is 0 Å². The molecule has 1 aromatic carbocycles. The predicted octanol–water partition coefficient (Wildman–Crippen LogP) is 1.86. The lowest BCUT2D eigenvalue weighted by Crippen LogP contribution is -2.37. The molecule has 106 valence electrons. The highest BCUT2D eigenvalue weighted by Gasteiger charge is 2.11. The van der Waals surface area contributed by atoms with Gasteiger partial charge in [0, 0.05) is 12.8 Å². The summed E-state index contributed by atoms with van der Waals surface area (Å²) < 4.78 is 22.7. The van der Waals surface area contributed by atoms with E-state index in [4.69, 9.17) is 0 Å². The number of hydrogen-bond acceptors (Lipinski definition) is 3. The van der Waals surface area contributed by atoms with Crippen LogP contribution in [0.1, 0.15) is 31.9 Å². The van der Waals surface area contributed by atoms with Gasteiger partial charge in [-0.3, -0.25) is 0 Å². The fourth-order valence-electron chi connectivity index (χ4n) is 1.57. The van der Waals surface area contributed by atoms with Crippen molar-refractivity contribution in [1.29, 1.82) is 0 Å². The summed E-state index contributed by atoms with van der Waals surface area (Å²) in [4.78, 5) is 11.8. The maximum absolute atomic E-state index is 11.5.